The fourth-order valence-electron chi connectivity index (χ4n) is 1.57. The Kier molecular flexibility index (Phi) is 2.85. The van der Waals surface area contributed by atoms with E-state index in [0.29, 0.717) is 0 Å². The van der Waals surface area contributed by atoms with Crippen molar-refractivity contribution >= 4 is 17.0 Å². The Morgan fingerprint density at radius 1 is 1.50 bits per heavy atom. The molecule has 0 saturated carbocycles. The third-order valence-corrected chi connectivity index (χ3v) is 2.48. The van der Waals surface area contributed by atoms with E-state index in [9.17, 15) is 4.79 Å². The number of unbranched alkanes of at least 4 members (excludes halogenated alkanes) is 1. The standard InChI is InChI=1S/C11H13N3O2/c1-2-3-6-14-10-7-8(11(15)16)4-5-9(10)12-13-14/h4-5,7H,2-3,6H2,1H3,(H,15,16). The highest BCUT2D eigenvalue weighted by molar-refractivity contribution is 5.92. The lowest BCUT2D eigenvalue weighted by Crippen LogP contribution is -2.01. The van der Waals surface area contributed by atoms with Gasteiger partial charge in [-0.15, -0.1) is 5.10 Å². The number of hydrogen-bond acceptors (Lipinski definition) is 3. The van der Waals surface area contributed by atoms with Crippen LogP contribution < -0.4 is 0 Å². The van der Waals surface area contributed by atoms with Crippen LogP contribution in [0.25, 0.3) is 11.0 Å². The number of benzene rings is 1. The van der Waals surface area contributed by atoms with E-state index in [0.717, 1.165) is 30.4 Å². The van der Waals surface area contributed by atoms with E-state index in [1.54, 1.807) is 22.9 Å². The maximum absolute atomic E-state index is 10.8. The average molecular weight is 219 g/mol. The number of aromatic nitrogens is 3. The van der Waals surface area contributed by atoms with Crippen LogP contribution in [0.5, 0.6) is 0 Å². The van der Waals surface area contributed by atoms with Crippen molar-refractivity contribution in [3.63, 3.8) is 0 Å². The van der Waals surface area contributed by atoms with Crippen molar-refractivity contribution in [3.05, 3.63) is 23.8 Å². The number of aromatic carboxylic acids is 1. The van der Waals surface area contributed by atoms with Gasteiger partial charge in [0.2, 0.25) is 0 Å². The third-order valence-electron chi connectivity index (χ3n) is 2.48. The summed E-state index contributed by atoms with van der Waals surface area (Å²) in [4.78, 5) is 10.8. The molecule has 2 rings (SSSR count). The number of carboxylic acids is 1. The van der Waals surface area contributed by atoms with Gasteiger partial charge < -0.3 is 5.11 Å². The fourth-order valence-corrected chi connectivity index (χ4v) is 1.57. The molecule has 5 heteroatoms. The molecule has 1 N–H and O–H groups in total. The molecule has 0 atom stereocenters. The molecular weight excluding hydrogens is 206 g/mol. The summed E-state index contributed by atoms with van der Waals surface area (Å²) in [7, 11) is 0. The Labute approximate surface area is 92.7 Å². The van der Waals surface area contributed by atoms with E-state index >= 15 is 0 Å². The van der Waals surface area contributed by atoms with E-state index in [1.165, 1.54) is 0 Å². The summed E-state index contributed by atoms with van der Waals surface area (Å²) in [5.74, 6) is -0.926. The van der Waals surface area contributed by atoms with Crippen LogP contribution in [-0.4, -0.2) is 26.1 Å². The van der Waals surface area contributed by atoms with Crippen LogP contribution in [-0.2, 0) is 6.54 Å². The molecule has 0 aliphatic rings. The highest BCUT2D eigenvalue weighted by Crippen LogP contribution is 2.14. The predicted molar refractivity (Wildman–Crippen MR) is 59.4 cm³/mol. The van der Waals surface area contributed by atoms with E-state index < -0.39 is 5.97 Å². The van der Waals surface area contributed by atoms with E-state index in [4.69, 9.17) is 5.11 Å². The van der Waals surface area contributed by atoms with Gasteiger partial charge in [-0.1, -0.05) is 18.6 Å². The fraction of sp³-hybridized carbons (Fsp3) is 0.364. The Morgan fingerprint density at radius 3 is 3.00 bits per heavy atom. The summed E-state index contributed by atoms with van der Waals surface area (Å²) in [6, 6.07) is 4.85. The van der Waals surface area contributed by atoms with Gasteiger partial charge in [0.1, 0.15) is 5.52 Å². The molecule has 1 heterocycles. The number of rotatable bonds is 4. The lowest BCUT2D eigenvalue weighted by molar-refractivity contribution is 0.0697. The second-order valence-corrected chi connectivity index (χ2v) is 3.67. The molecule has 5 nitrogen and oxygen atoms in total. The average Bonchev–Trinajstić information content (AvgIpc) is 2.68. The number of nitrogens with zero attached hydrogens (tertiary/aromatic N) is 3. The lowest BCUT2D eigenvalue weighted by atomic mass is 10.2. The van der Waals surface area contributed by atoms with Crippen LogP contribution in [0.4, 0.5) is 0 Å². The van der Waals surface area contributed by atoms with Gasteiger partial charge in [0.05, 0.1) is 11.1 Å². The van der Waals surface area contributed by atoms with Crippen LogP contribution in [0.2, 0.25) is 0 Å². The van der Waals surface area contributed by atoms with Crippen LogP contribution in [0.15, 0.2) is 18.2 Å². The molecule has 0 spiro atoms. The normalized spacial score (nSPS) is 10.8. The second-order valence-electron chi connectivity index (χ2n) is 3.67. The van der Waals surface area contributed by atoms with Crippen molar-refractivity contribution < 1.29 is 9.90 Å². The molecule has 2 aromatic rings. The zero-order valence-corrected chi connectivity index (χ0v) is 9.05. The summed E-state index contributed by atoms with van der Waals surface area (Å²) < 4.78 is 1.76. The molecule has 0 unspecified atom stereocenters. The molecule has 0 fully saturated rings. The van der Waals surface area contributed by atoms with Gasteiger partial charge in [-0.2, -0.15) is 0 Å². The zero-order valence-electron chi connectivity index (χ0n) is 9.05. The molecule has 84 valence electrons. The minimum Gasteiger partial charge on any atom is -0.478 e. The van der Waals surface area contributed by atoms with Crippen molar-refractivity contribution in [2.75, 3.05) is 0 Å². The van der Waals surface area contributed by atoms with Gasteiger partial charge in [0.25, 0.3) is 0 Å². The lowest BCUT2D eigenvalue weighted by Gasteiger charge is -2.00. The third kappa shape index (κ3) is 1.88. The minimum absolute atomic E-state index is 0.271. The summed E-state index contributed by atoms with van der Waals surface area (Å²) in [6.07, 6.45) is 2.08. The zero-order chi connectivity index (χ0) is 11.5. The van der Waals surface area contributed by atoms with Crippen LogP contribution >= 0.6 is 0 Å². The maximum Gasteiger partial charge on any atom is 0.335 e. The van der Waals surface area contributed by atoms with Crippen molar-refractivity contribution in [2.24, 2.45) is 0 Å². The van der Waals surface area contributed by atoms with Gasteiger partial charge in [-0.05, 0) is 24.6 Å². The highest BCUT2D eigenvalue weighted by atomic mass is 16.4. The number of carboxylic acid groups (broad SMARTS) is 1. The molecule has 0 saturated heterocycles. The van der Waals surface area contributed by atoms with Crippen LogP contribution in [0.3, 0.4) is 0 Å². The first-order chi connectivity index (χ1) is 7.72. The smallest absolute Gasteiger partial charge is 0.335 e. The summed E-state index contributed by atoms with van der Waals surface area (Å²) in [5, 5.41) is 16.9. The summed E-state index contributed by atoms with van der Waals surface area (Å²) in [5.41, 5.74) is 1.79. The molecule has 0 aliphatic carbocycles. The van der Waals surface area contributed by atoms with Crippen molar-refractivity contribution in [1.29, 1.82) is 0 Å². The first-order valence-electron chi connectivity index (χ1n) is 5.29. The molecule has 1 aromatic heterocycles. The molecule has 1 aromatic carbocycles. The van der Waals surface area contributed by atoms with Crippen molar-refractivity contribution in [3.8, 4) is 0 Å². The van der Waals surface area contributed by atoms with Crippen molar-refractivity contribution in [1.82, 2.24) is 15.0 Å². The number of hydrogen-bond donors (Lipinski definition) is 1. The molecule has 0 aliphatic heterocycles. The monoisotopic (exact) mass is 219 g/mol. The van der Waals surface area contributed by atoms with Crippen molar-refractivity contribution in [2.45, 2.75) is 26.3 Å². The van der Waals surface area contributed by atoms with E-state index in [-0.39, 0.29) is 5.56 Å². The van der Waals surface area contributed by atoms with E-state index in [2.05, 4.69) is 17.2 Å². The Morgan fingerprint density at radius 2 is 2.31 bits per heavy atom. The van der Waals surface area contributed by atoms with Gasteiger partial charge in [-0.25, -0.2) is 9.48 Å². The van der Waals surface area contributed by atoms with E-state index in [1.807, 2.05) is 0 Å². The summed E-state index contributed by atoms with van der Waals surface area (Å²) in [6.45, 7) is 2.87. The quantitative estimate of drug-likeness (QED) is 0.853. The van der Waals surface area contributed by atoms with Gasteiger partial charge >= 0.3 is 5.97 Å². The Balaban J connectivity index is 2.43. The Bertz CT molecular complexity index is 519. The SMILES string of the molecule is CCCCn1nnc2ccc(C(=O)O)cc21. The largest absolute Gasteiger partial charge is 0.478 e. The molecule has 0 radical (unpaired) electrons. The van der Waals surface area contributed by atoms with Gasteiger partial charge in [0, 0.05) is 6.54 Å². The highest BCUT2D eigenvalue weighted by Gasteiger charge is 2.08. The number of aryl methyl sites for hydroxylation is 1. The van der Waals surface area contributed by atoms with Gasteiger partial charge in [-0.3, -0.25) is 0 Å². The summed E-state index contributed by atoms with van der Waals surface area (Å²) >= 11 is 0. The van der Waals surface area contributed by atoms with Crippen LogP contribution in [0, 0.1) is 0 Å². The first-order valence-corrected chi connectivity index (χ1v) is 5.29. The second kappa shape index (κ2) is 4.30. The predicted octanol–water partition coefficient (Wildman–Crippen LogP) is 1.93. The van der Waals surface area contributed by atoms with Gasteiger partial charge in [0.15, 0.2) is 0 Å². The topological polar surface area (TPSA) is 68.0 Å². The number of fused-ring (bicyclic) bond motifs is 1. The Hall–Kier alpha value is -1.91. The molecule has 0 bridgehead atoms. The minimum atomic E-state index is -0.926. The molecule has 16 heavy (non-hydrogen) atoms. The first kappa shape index (κ1) is 10.6. The molecular formula is C11H13N3O2. The molecule has 0 amide bonds. The van der Waals surface area contributed by atoms with Crippen LogP contribution in [0.1, 0.15) is 30.1 Å². The number of carbonyl (C=O) groups is 1. The maximum atomic E-state index is 10.8.